The molecule has 0 aromatic rings. The maximum atomic E-state index is 10.8. The summed E-state index contributed by atoms with van der Waals surface area (Å²) in [7, 11) is 0. The lowest BCUT2D eigenvalue weighted by Gasteiger charge is -2.37. The van der Waals surface area contributed by atoms with Gasteiger partial charge in [0.15, 0.2) is 0 Å². The van der Waals surface area contributed by atoms with Crippen LogP contribution < -0.4 is 0 Å². The van der Waals surface area contributed by atoms with E-state index in [9.17, 15) is 5.11 Å². The van der Waals surface area contributed by atoms with Crippen molar-refractivity contribution in [2.45, 2.75) is 70.8 Å². The standard InChI is InChI=1S/C18H36N2O3/c1-15(20-9-7-11-23-18(4,5)14-20)16(21)12-19-8-6-10-22-17(2,3)13-19/h15-16,21H,6-14H2,1-5H3. The summed E-state index contributed by atoms with van der Waals surface area (Å²) in [5.74, 6) is 0. The largest absolute Gasteiger partial charge is 0.390 e. The molecular formula is C18H36N2O3. The number of rotatable bonds is 4. The van der Waals surface area contributed by atoms with Crippen LogP contribution in [0.2, 0.25) is 0 Å². The van der Waals surface area contributed by atoms with Crippen LogP contribution in [0.5, 0.6) is 0 Å². The predicted molar refractivity (Wildman–Crippen MR) is 92.8 cm³/mol. The monoisotopic (exact) mass is 328 g/mol. The summed E-state index contributed by atoms with van der Waals surface area (Å²) in [6.07, 6.45) is 1.72. The molecule has 2 aliphatic heterocycles. The number of aliphatic hydroxyl groups excluding tert-OH is 1. The highest BCUT2D eigenvalue weighted by Crippen LogP contribution is 2.21. The maximum Gasteiger partial charge on any atom is 0.0819 e. The van der Waals surface area contributed by atoms with Crippen LogP contribution in [0.25, 0.3) is 0 Å². The van der Waals surface area contributed by atoms with Gasteiger partial charge in [0.05, 0.1) is 17.3 Å². The third-order valence-electron chi connectivity index (χ3n) is 4.96. The Kier molecular flexibility index (Phi) is 6.48. The Balaban J connectivity index is 1.92. The van der Waals surface area contributed by atoms with E-state index in [4.69, 9.17) is 9.47 Å². The first-order valence-electron chi connectivity index (χ1n) is 9.11. The first kappa shape index (κ1) is 19.1. The molecule has 0 aliphatic carbocycles. The lowest BCUT2D eigenvalue weighted by atomic mass is 10.0. The maximum absolute atomic E-state index is 10.8. The smallest absolute Gasteiger partial charge is 0.0819 e. The molecular weight excluding hydrogens is 292 g/mol. The molecule has 0 amide bonds. The summed E-state index contributed by atoms with van der Waals surface area (Å²) < 4.78 is 11.8. The van der Waals surface area contributed by atoms with Gasteiger partial charge in [0.25, 0.3) is 0 Å². The molecule has 5 nitrogen and oxygen atoms in total. The number of β-amino-alcohol motifs (C(OH)–C–C–N with tert-alkyl or cyclic N) is 1. The van der Waals surface area contributed by atoms with Crippen molar-refractivity contribution in [2.24, 2.45) is 0 Å². The first-order valence-corrected chi connectivity index (χ1v) is 9.11. The Labute approximate surface area is 141 Å². The molecule has 0 bridgehead atoms. The van der Waals surface area contributed by atoms with Crippen LogP contribution in [0.3, 0.4) is 0 Å². The number of ether oxygens (including phenoxy) is 2. The van der Waals surface area contributed by atoms with Crippen LogP contribution in [0.15, 0.2) is 0 Å². The molecule has 23 heavy (non-hydrogen) atoms. The molecule has 2 heterocycles. The molecule has 0 spiro atoms. The fourth-order valence-corrected chi connectivity index (χ4v) is 3.69. The summed E-state index contributed by atoms with van der Waals surface area (Å²) in [6, 6.07) is 0.142. The van der Waals surface area contributed by atoms with Crippen LogP contribution in [0.1, 0.15) is 47.5 Å². The van der Waals surface area contributed by atoms with Gasteiger partial charge in [-0.3, -0.25) is 9.80 Å². The summed E-state index contributed by atoms with van der Waals surface area (Å²) in [5.41, 5.74) is -0.263. The van der Waals surface area contributed by atoms with Crippen LogP contribution in [0, 0.1) is 0 Å². The summed E-state index contributed by atoms with van der Waals surface area (Å²) in [5, 5.41) is 10.8. The van der Waals surface area contributed by atoms with Crippen molar-refractivity contribution in [3.8, 4) is 0 Å². The Morgan fingerprint density at radius 2 is 1.52 bits per heavy atom. The van der Waals surface area contributed by atoms with E-state index in [0.717, 1.165) is 52.2 Å². The molecule has 136 valence electrons. The molecule has 2 saturated heterocycles. The zero-order chi connectivity index (χ0) is 17.1. The third kappa shape index (κ3) is 5.98. The zero-order valence-electron chi connectivity index (χ0n) is 15.7. The van der Waals surface area contributed by atoms with Crippen molar-refractivity contribution in [2.75, 3.05) is 45.9 Å². The van der Waals surface area contributed by atoms with Gasteiger partial charge >= 0.3 is 0 Å². The molecule has 2 atom stereocenters. The van der Waals surface area contributed by atoms with Crippen LogP contribution >= 0.6 is 0 Å². The second-order valence-electron chi connectivity index (χ2n) is 8.44. The zero-order valence-corrected chi connectivity index (χ0v) is 15.7. The summed E-state index contributed by atoms with van der Waals surface area (Å²) in [6.45, 7) is 16.8. The quantitative estimate of drug-likeness (QED) is 0.852. The predicted octanol–water partition coefficient (Wildman–Crippen LogP) is 1.74. The normalized spacial score (nSPS) is 29.5. The SMILES string of the molecule is CC(C(O)CN1CCCOC(C)(C)C1)N1CCCOC(C)(C)C1. The van der Waals surface area contributed by atoms with Gasteiger partial charge in [-0.1, -0.05) is 0 Å². The highest BCUT2D eigenvalue weighted by Gasteiger charge is 2.32. The third-order valence-corrected chi connectivity index (χ3v) is 4.96. The first-order chi connectivity index (χ1) is 10.7. The van der Waals surface area contributed by atoms with Gasteiger partial charge in [0.2, 0.25) is 0 Å². The van der Waals surface area contributed by atoms with E-state index in [1.54, 1.807) is 0 Å². The second-order valence-corrected chi connectivity index (χ2v) is 8.44. The van der Waals surface area contributed by atoms with E-state index >= 15 is 0 Å². The van der Waals surface area contributed by atoms with Gasteiger partial charge in [-0.25, -0.2) is 0 Å². The van der Waals surface area contributed by atoms with E-state index in [0.29, 0.717) is 6.54 Å². The minimum Gasteiger partial charge on any atom is -0.390 e. The van der Waals surface area contributed by atoms with Crippen molar-refractivity contribution in [3.63, 3.8) is 0 Å². The Bertz CT molecular complexity index is 373. The molecule has 2 aliphatic rings. The fourth-order valence-electron chi connectivity index (χ4n) is 3.69. The van der Waals surface area contributed by atoms with Crippen LogP contribution in [0.4, 0.5) is 0 Å². The van der Waals surface area contributed by atoms with Crippen molar-refractivity contribution >= 4 is 0 Å². The molecule has 2 rings (SSSR count). The van der Waals surface area contributed by atoms with Gasteiger partial charge in [0.1, 0.15) is 0 Å². The Hall–Kier alpha value is -0.200. The van der Waals surface area contributed by atoms with Crippen LogP contribution in [-0.2, 0) is 9.47 Å². The molecule has 0 aromatic heterocycles. The highest BCUT2D eigenvalue weighted by atomic mass is 16.5. The van der Waals surface area contributed by atoms with Gasteiger partial charge in [-0.2, -0.15) is 0 Å². The van der Waals surface area contributed by atoms with Crippen LogP contribution in [-0.4, -0.2) is 84.2 Å². The van der Waals surface area contributed by atoms with Gasteiger partial charge in [-0.05, 0) is 47.5 Å². The van der Waals surface area contributed by atoms with Gasteiger partial charge in [-0.15, -0.1) is 0 Å². The fraction of sp³-hybridized carbons (Fsp3) is 1.00. The van der Waals surface area contributed by atoms with E-state index in [1.165, 1.54) is 0 Å². The number of hydrogen-bond donors (Lipinski definition) is 1. The number of hydrogen-bond acceptors (Lipinski definition) is 5. The topological polar surface area (TPSA) is 45.2 Å². The molecule has 0 radical (unpaired) electrons. The second kappa shape index (κ2) is 7.79. The van der Waals surface area contributed by atoms with E-state index in [1.807, 2.05) is 0 Å². The molecule has 2 unspecified atom stereocenters. The molecule has 2 fully saturated rings. The van der Waals surface area contributed by atoms with Gasteiger partial charge in [0, 0.05) is 52.0 Å². The van der Waals surface area contributed by atoms with E-state index < -0.39 is 0 Å². The van der Waals surface area contributed by atoms with E-state index in [-0.39, 0.29) is 23.3 Å². The van der Waals surface area contributed by atoms with Crippen molar-refractivity contribution in [3.05, 3.63) is 0 Å². The van der Waals surface area contributed by atoms with Crippen molar-refractivity contribution in [1.82, 2.24) is 9.80 Å². The highest BCUT2D eigenvalue weighted by molar-refractivity contribution is 4.86. The Morgan fingerprint density at radius 1 is 0.957 bits per heavy atom. The number of nitrogens with zero attached hydrogens (tertiary/aromatic N) is 2. The minimum absolute atomic E-state index is 0.127. The Morgan fingerprint density at radius 3 is 2.17 bits per heavy atom. The van der Waals surface area contributed by atoms with Crippen molar-refractivity contribution in [1.29, 1.82) is 0 Å². The summed E-state index contributed by atoms with van der Waals surface area (Å²) >= 11 is 0. The van der Waals surface area contributed by atoms with Crippen molar-refractivity contribution < 1.29 is 14.6 Å². The van der Waals surface area contributed by atoms with E-state index in [2.05, 4.69) is 44.4 Å². The molecule has 0 saturated carbocycles. The average Bonchev–Trinajstić information content (AvgIpc) is 2.72. The average molecular weight is 328 g/mol. The molecule has 0 aromatic carbocycles. The molecule has 5 heteroatoms. The minimum atomic E-state index is -0.349. The lowest BCUT2D eigenvalue weighted by Crippen LogP contribution is -2.51. The summed E-state index contributed by atoms with van der Waals surface area (Å²) in [4.78, 5) is 4.74. The molecule has 1 N–H and O–H groups in total. The van der Waals surface area contributed by atoms with Gasteiger partial charge < -0.3 is 14.6 Å². The lowest BCUT2D eigenvalue weighted by molar-refractivity contribution is -0.0408. The number of aliphatic hydroxyl groups is 1.